The fourth-order valence-electron chi connectivity index (χ4n) is 6.33. The van der Waals surface area contributed by atoms with Crippen molar-refractivity contribution in [3.8, 4) is 0 Å². The predicted octanol–water partition coefficient (Wildman–Crippen LogP) is 2.79. The topological polar surface area (TPSA) is 52.5 Å². The monoisotopic (exact) mass is 317 g/mol. The second-order valence-electron chi connectivity index (χ2n) is 8.89. The highest BCUT2D eigenvalue weighted by Crippen LogP contribution is 2.63. The Balaban J connectivity index is 1.72. The third-order valence-electron chi connectivity index (χ3n) is 7.95. The average molecular weight is 317 g/mol. The fraction of sp³-hybridized carbons (Fsp3) is 0.800. The van der Waals surface area contributed by atoms with Crippen LogP contribution in [0, 0.1) is 22.7 Å². The van der Waals surface area contributed by atoms with Crippen molar-refractivity contribution < 1.29 is 10.2 Å². The van der Waals surface area contributed by atoms with Gasteiger partial charge in [0, 0.05) is 11.5 Å². The molecular weight excluding hydrogens is 286 g/mol. The van der Waals surface area contributed by atoms with E-state index in [0.29, 0.717) is 11.8 Å². The minimum atomic E-state index is -0.267. The lowest BCUT2D eigenvalue weighted by molar-refractivity contribution is -0.00406. The van der Waals surface area contributed by atoms with Gasteiger partial charge in [-0.3, -0.25) is 0 Å². The SMILES string of the molecule is CN[C@@H]1C[C@@]2(C)C(=CC=C3[C@@H]4CC[C@H](O)[C@@]4(C)CC[C@@H]32)C[C@H]1O. The van der Waals surface area contributed by atoms with Crippen LogP contribution in [0.25, 0.3) is 0 Å². The van der Waals surface area contributed by atoms with Crippen LogP contribution in [0.4, 0.5) is 0 Å². The third-order valence-corrected chi connectivity index (χ3v) is 7.95. The molecule has 4 aliphatic carbocycles. The molecule has 3 fully saturated rings. The summed E-state index contributed by atoms with van der Waals surface area (Å²) >= 11 is 0. The first kappa shape index (κ1) is 15.9. The Morgan fingerprint density at radius 3 is 2.61 bits per heavy atom. The second kappa shape index (κ2) is 5.18. The van der Waals surface area contributed by atoms with E-state index in [1.54, 1.807) is 5.57 Å². The molecule has 0 amide bonds. The molecule has 4 rings (SSSR count). The fourth-order valence-corrected chi connectivity index (χ4v) is 6.33. The van der Waals surface area contributed by atoms with E-state index in [1.807, 2.05) is 7.05 Å². The van der Waals surface area contributed by atoms with Gasteiger partial charge in [-0.2, -0.15) is 0 Å². The first-order valence-corrected chi connectivity index (χ1v) is 9.34. The second-order valence-corrected chi connectivity index (χ2v) is 8.89. The molecular formula is C20H31NO2. The minimum Gasteiger partial charge on any atom is -0.393 e. The lowest BCUT2D eigenvalue weighted by Gasteiger charge is -2.55. The van der Waals surface area contributed by atoms with Crippen LogP contribution < -0.4 is 5.32 Å². The lowest BCUT2D eigenvalue weighted by Crippen LogP contribution is -2.53. The molecule has 0 aromatic rings. The van der Waals surface area contributed by atoms with Gasteiger partial charge in [0.05, 0.1) is 12.2 Å². The number of fused-ring (bicyclic) bond motifs is 5. The predicted molar refractivity (Wildman–Crippen MR) is 91.9 cm³/mol. The highest BCUT2D eigenvalue weighted by molar-refractivity contribution is 5.39. The van der Waals surface area contributed by atoms with Crippen molar-refractivity contribution in [2.45, 2.75) is 70.6 Å². The summed E-state index contributed by atoms with van der Waals surface area (Å²) in [5.41, 5.74) is 3.28. The summed E-state index contributed by atoms with van der Waals surface area (Å²) in [4.78, 5) is 0. The van der Waals surface area contributed by atoms with E-state index in [-0.39, 0.29) is 29.1 Å². The molecule has 3 saturated carbocycles. The van der Waals surface area contributed by atoms with Gasteiger partial charge in [0.15, 0.2) is 0 Å². The molecule has 3 heteroatoms. The normalized spacial score (nSPS) is 52.1. The van der Waals surface area contributed by atoms with E-state index in [1.165, 1.54) is 12.0 Å². The van der Waals surface area contributed by atoms with Crippen molar-refractivity contribution in [2.24, 2.45) is 22.7 Å². The summed E-state index contributed by atoms with van der Waals surface area (Å²) in [5, 5.41) is 24.2. The summed E-state index contributed by atoms with van der Waals surface area (Å²) < 4.78 is 0. The number of aliphatic hydroxyl groups excluding tert-OH is 2. The van der Waals surface area contributed by atoms with Crippen LogP contribution in [0.1, 0.15) is 52.4 Å². The molecule has 3 nitrogen and oxygen atoms in total. The smallest absolute Gasteiger partial charge is 0.0730 e. The van der Waals surface area contributed by atoms with Gasteiger partial charge < -0.3 is 15.5 Å². The molecule has 0 unspecified atom stereocenters. The van der Waals surface area contributed by atoms with Crippen molar-refractivity contribution in [3.63, 3.8) is 0 Å². The number of nitrogens with one attached hydrogen (secondary N) is 1. The number of likely N-dealkylation sites (N-methyl/N-ethyl adjacent to an activating group) is 1. The Labute approximate surface area is 139 Å². The van der Waals surface area contributed by atoms with E-state index < -0.39 is 0 Å². The van der Waals surface area contributed by atoms with Crippen LogP contribution in [-0.2, 0) is 0 Å². The summed E-state index contributed by atoms with van der Waals surface area (Å²) in [5.74, 6) is 1.14. The molecule has 23 heavy (non-hydrogen) atoms. The zero-order valence-electron chi connectivity index (χ0n) is 14.7. The molecule has 0 aliphatic heterocycles. The zero-order chi connectivity index (χ0) is 16.4. The van der Waals surface area contributed by atoms with Gasteiger partial charge in [-0.05, 0) is 62.8 Å². The standard InChI is InChI=1S/C20H31NO2/c1-19-9-8-15-13(14(19)6-7-18(19)23)5-4-12-10-17(22)16(21-3)11-20(12,15)2/h4-5,14-18,21-23H,6-11H2,1-3H3/t14-,15-,16+,17+,18-,19-,20-/m0/s1. The molecule has 0 bridgehead atoms. The molecule has 3 N–H and O–H groups in total. The Kier molecular flexibility index (Phi) is 3.57. The molecule has 128 valence electrons. The van der Waals surface area contributed by atoms with Crippen LogP contribution in [0.2, 0.25) is 0 Å². The van der Waals surface area contributed by atoms with Crippen molar-refractivity contribution in [1.29, 1.82) is 0 Å². The molecule has 0 aromatic carbocycles. The van der Waals surface area contributed by atoms with Crippen molar-refractivity contribution >= 4 is 0 Å². The van der Waals surface area contributed by atoms with Gasteiger partial charge in [0.1, 0.15) is 0 Å². The van der Waals surface area contributed by atoms with Gasteiger partial charge in [-0.1, -0.05) is 37.1 Å². The largest absolute Gasteiger partial charge is 0.393 e. The van der Waals surface area contributed by atoms with Crippen molar-refractivity contribution in [2.75, 3.05) is 7.05 Å². The van der Waals surface area contributed by atoms with Crippen LogP contribution in [0.3, 0.4) is 0 Å². The van der Waals surface area contributed by atoms with E-state index >= 15 is 0 Å². The highest BCUT2D eigenvalue weighted by Gasteiger charge is 2.56. The third kappa shape index (κ3) is 2.06. The average Bonchev–Trinajstić information content (AvgIpc) is 2.83. The quantitative estimate of drug-likeness (QED) is 0.697. The van der Waals surface area contributed by atoms with Crippen molar-refractivity contribution in [3.05, 3.63) is 23.3 Å². The van der Waals surface area contributed by atoms with Crippen molar-refractivity contribution in [1.82, 2.24) is 5.32 Å². The first-order chi connectivity index (χ1) is 10.9. The lowest BCUT2D eigenvalue weighted by atomic mass is 9.50. The van der Waals surface area contributed by atoms with E-state index in [9.17, 15) is 10.2 Å². The summed E-state index contributed by atoms with van der Waals surface area (Å²) in [6.07, 6.45) is 10.5. The summed E-state index contributed by atoms with van der Waals surface area (Å²) in [7, 11) is 1.97. The maximum absolute atomic E-state index is 10.5. The van der Waals surface area contributed by atoms with Gasteiger partial charge in [0.2, 0.25) is 0 Å². The molecule has 0 spiro atoms. The molecule has 0 radical (unpaired) electrons. The van der Waals surface area contributed by atoms with Crippen LogP contribution in [0.15, 0.2) is 23.3 Å². The van der Waals surface area contributed by atoms with Gasteiger partial charge >= 0.3 is 0 Å². The molecule has 0 heterocycles. The van der Waals surface area contributed by atoms with E-state index in [0.717, 1.165) is 32.1 Å². The Bertz CT molecular complexity index is 568. The number of hydrogen-bond donors (Lipinski definition) is 3. The maximum Gasteiger partial charge on any atom is 0.0730 e. The molecule has 7 atom stereocenters. The summed E-state index contributed by atoms with van der Waals surface area (Å²) in [6, 6.07) is 0.193. The van der Waals surface area contributed by atoms with Gasteiger partial charge in [0.25, 0.3) is 0 Å². The van der Waals surface area contributed by atoms with Crippen LogP contribution in [-0.4, -0.2) is 35.5 Å². The van der Waals surface area contributed by atoms with Crippen LogP contribution >= 0.6 is 0 Å². The molecule has 0 aromatic heterocycles. The zero-order valence-corrected chi connectivity index (χ0v) is 14.7. The van der Waals surface area contributed by atoms with Crippen LogP contribution in [0.5, 0.6) is 0 Å². The molecule has 0 saturated heterocycles. The molecule has 4 aliphatic rings. The minimum absolute atomic E-state index is 0.0840. The first-order valence-electron chi connectivity index (χ1n) is 9.34. The maximum atomic E-state index is 10.5. The Hall–Kier alpha value is -0.640. The number of aliphatic hydroxyl groups is 2. The number of hydrogen-bond acceptors (Lipinski definition) is 3. The number of allylic oxidation sites excluding steroid dienone is 3. The number of rotatable bonds is 1. The van der Waals surface area contributed by atoms with Gasteiger partial charge in [-0.15, -0.1) is 0 Å². The van der Waals surface area contributed by atoms with E-state index in [2.05, 4.69) is 31.3 Å². The Morgan fingerprint density at radius 1 is 1.09 bits per heavy atom. The van der Waals surface area contributed by atoms with E-state index in [4.69, 9.17) is 0 Å². The van der Waals surface area contributed by atoms with Gasteiger partial charge in [-0.25, -0.2) is 0 Å². The highest BCUT2D eigenvalue weighted by atomic mass is 16.3. The summed E-state index contributed by atoms with van der Waals surface area (Å²) in [6.45, 7) is 4.72. The Morgan fingerprint density at radius 2 is 1.87 bits per heavy atom.